The van der Waals surface area contributed by atoms with E-state index < -0.39 is 0 Å². The molecule has 0 saturated carbocycles. The Morgan fingerprint density at radius 3 is 2.04 bits per heavy atom. The molecule has 0 unspecified atom stereocenters. The summed E-state index contributed by atoms with van der Waals surface area (Å²) >= 11 is 1.79. The van der Waals surface area contributed by atoms with Crippen LogP contribution in [0.5, 0.6) is 0 Å². The van der Waals surface area contributed by atoms with E-state index in [1.165, 1.54) is 26.2 Å². The van der Waals surface area contributed by atoms with E-state index in [4.69, 9.17) is 21.8 Å². The van der Waals surface area contributed by atoms with Crippen LogP contribution >= 0.6 is 11.3 Å². The van der Waals surface area contributed by atoms with Gasteiger partial charge in [0, 0.05) is 47.6 Å². The standard InChI is InChI=1S/C45H28N4S/c1-2-14-29(15-3-1)43-46-44(31-17-12-16-30(28-31)32-22-13-23-36-35-20-7-11-27-41(35)50-42(32)36)48-45(47-43)37-21-6-10-26-40(37)49-38-24-8-4-18-33(38)34-19-5-9-25-39(34)49/h1-28H/i4D,5D,18D,19D,24D. The summed E-state index contributed by atoms with van der Waals surface area (Å²) < 4.78 is 47.9. The predicted octanol–water partition coefficient (Wildman–Crippen LogP) is 12.0. The van der Waals surface area contributed by atoms with Crippen LogP contribution < -0.4 is 0 Å². The second-order valence-corrected chi connectivity index (χ2v) is 13.1. The van der Waals surface area contributed by atoms with Gasteiger partial charge in [-0.05, 0) is 47.5 Å². The third kappa shape index (κ3) is 4.63. The monoisotopic (exact) mass is 661 g/mol. The van der Waals surface area contributed by atoms with Gasteiger partial charge >= 0.3 is 0 Å². The number of benzene rings is 7. The van der Waals surface area contributed by atoms with Crippen molar-refractivity contribution in [3.05, 3.63) is 170 Å². The van der Waals surface area contributed by atoms with E-state index in [9.17, 15) is 0 Å². The molecule has 5 heteroatoms. The molecular formula is C45H28N4S. The molecule has 0 N–H and O–H groups in total. The number of nitrogens with zero attached hydrogens (tertiary/aromatic N) is 4. The van der Waals surface area contributed by atoms with Gasteiger partial charge in [0.2, 0.25) is 0 Å². The molecule has 0 saturated heterocycles. The average Bonchev–Trinajstić information content (AvgIpc) is 3.79. The minimum atomic E-state index is -0.111. The SMILES string of the molecule is [2H]c1ccc2c(c1[2H])c1c([2H])c([2H])cc([2H])c1n2-c1ccccc1-c1nc(-c2ccccc2)nc(-c2cccc(-c3cccc4c3sc3ccccc34)c2)n1. The van der Waals surface area contributed by atoms with Crippen LogP contribution in [0.25, 0.3) is 93.0 Å². The lowest BCUT2D eigenvalue weighted by atomic mass is 10.0. The molecule has 10 aromatic rings. The Morgan fingerprint density at radius 2 is 1.12 bits per heavy atom. The summed E-state index contributed by atoms with van der Waals surface area (Å²) in [7, 11) is 0. The lowest BCUT2D eigenvalue weighted by molar-refractivity contribution is 1.06. The Kier molecular flexibility index (Phi) is 5.54. The van der Waals surface area contributed by atoms with Gasteiger partial charge in [-0.15, -0.1) is 11.3 Å². The zero-order chi connectivity index (χ0) is 37.4. The summed E-state index contributed by atoms with van der Waals surface area (Å²) in [6, 6.07) is 45.0. The molecule has 0 atom stereocenters. The quantitative estimate of drug-likeness (QED) is 0.184. The van der Waals surface area contributed by atoms with Gasteiger partial charge in [0.25, 0.3) is 0 Å². The maximum atomic E-state index is 9.02. The molecule has 0 amide bonds. The third-order valence-electron chi connectivity index (χ3n) is 9.10. The van der Waals surface area contributed by atoms with Crippen molar-refractivity contribution < 1.29 is 6.85 Å². The molecule has 234 valence electrons. The van der Waals surface area contributed by atoms with Crippen molar-refractivity contribution in [3.8, 4) is 51.0 Å². The number of para-hydroxylation sites is 3. The molecular weight excluding hydrogens is 629 g/mol. The zero-order valence-corrected chi connectivity index (χ0v) is 27.3. The summed E-state index contributed by atoms with van der Waals surface area (Å²) in [6.07, 6.45) is 0. The summed E-state index contributed by atoms with van der Waals surface area (Å²) in [4.78, 5) is 15.2. The topological polar surface area (TPSA) is 43.6 Å². The number of hydrogen-bond acceptors (Lipinski definition) is 4. The highest BCUT2D eigenvalue weighted by Crippen LogP contribution is 2.41. The van der Waals surface area contributed by atoms with Crippen LogP contribution in [-0.2, 0) is 0 Å². The minimum Gasteiger partial charge on any atom is -0.309 e. The minimum absolute atomic E-state index is 0.00146. The van der Waals surface area contributed by atoms with Gasteiger partial charge in [-0.2, -0.15) is 0 Å². The second kappa shape index (κ2) is 11.6. The maximum Gasteiger partial charge on any atom is 0.166 e. The number of fused-ring (bicyclic) bond motifs is 6. The zero-order valence-electron chi connectivity index (χ0n) is 31.5. The van der Waals surface area contributed by atoms with Crippen LogP contribution in [0.1, 0.15) is 6.85 Å². The normalized spacial score (nSPS) is 13.0. The first kappa shape index (κ1) is 23.8. The average molecular weight is 662 g/mol. The molecule has 0 radical (unpaired) electrons. The van der Waals surface area contributed by atoms with Crippen molar-refractivity contribution >= 4 is 53.3 Å². The Bertz CT molecular complexity index is 3170. The molecule has 0 aliphatic carbocycles. The molecule has 0 spiro atoms. The Hall–Kier alpha value is -6.43. The van der Waals surface area contributed by atoms with Crippen molar-refractivity contribution in [2.45, 2.75) is 0 Å². The van der Waals surface area contributed by atoms with Gasteiger partial charge in [-0.3, -0.25) is 0 Å². The van der Waals surface area contributed by atoms with Crippen molar-refractivity contribution in [2.75, 3.05) is 0 Å². The third-order valence-corrected chi connectivity index (χ3v) is 10.3. The van der Waals surface area contributed by atoms with Crippen LogP contribution in [0.4, 0.5) is 0 Å². The van der Waals surface area contributed by atoms with Gasteiger partial charge in [-0.1, -0.05) is 133 Å². The predicted molar refractivity (Wildman–Crippen MR) is 209 cm³/mol. The van der Waals surface area contributed by atoms with Crippen molar-refractivity contribution in [1.82, 2.24) is 19.5 Å². The molecule has 4 nitrogen and oxygen atoms in total. The summed E-state index contributed by atoms with van der Waals surface area (Å²) in [6.45, 7) is 0. The van der Waals surface area contributed by atoms with E-state index >= 15 is 0 Å². The first-order valence-corrected chi connectivity index (χ1v) is 17.1. The molecule has 0 fully saturated rings. The summed E-state index contributed by atoms with van der Waals surface area (Å²) in [5.41, 5.74) is 6.04. The first-order chi connectivity index (χ1) is 26.9. The van der Waals surface area contributed by atoms with Gasteiger partial charge in [-0.25, -0.2) is 15.0 Å². The fraction of sp³-hybridized carbons (Fsp3) is 0. The van der Waals surface area contributed by atoms with Gasteiger partial charge < -0.3 is 4.57 Å². The largest absolute Gasteiger partial charge is 0.309 e. The molecule has 7 aromatic carbocycles. The van der Waals surface area contributed by atoms with E-state index in [0.29, 0.717) is 50.5 Å². The summed E-state index contributed by atoms with van der Waals surface area (Å²) in [5, 5.41) is 3.13. The van der Waals surface area contributed by atoms with E-state index in [1.54, 1.807) is 23.5 Å². The Morgan fingerprint density at radius 1 is 0.460 bits per heavy atom. The van der Waals surface area contributed by atoms with Crippen molar-refractivity contribution in [1.29, 1.82) is 0 Å². The lowest BCUT2D eigenvalue weighted by Gasteiger charge is -2.14. The molecule has 10 rings (SSSR count). The molecule has 3 heterocycles. The van der Waals surface area contributed by atoms with Crippen LogP contribution in [0, 0.1) is 0 Å². The number of rotatable bonds is 5. The van der Waals surface area contributed by atoms with Crippen LogP contribution in [0.3, 0.4) is 0 Å². The summed E-state index contributed by atoms with van der Waals surface area (Å²) in [5.74, 6) is 1.40. The highest BCUT2D eigenvalue weighted by molar-refractivity contribution is 7.26. The van der Waals surface area contributed by atoms with E-state index in [1.807, 2.05) is 71.3 Å². The Balaban J connectivity index is 1.21. The lowest BCUT2D eigenvalue weighted by Crippen LogP contribution is -2.03. The van der Waals surface area contributed by atoms with Gasteiger partial charge in [0.15, 0.2) is 17.5 Å². The van der Waals surface area contributed by atoms with E-state index in [2.05, 4.69) is 54.6 Å². The van der Waals surface area contributed by atoms with Crippen LogP contribution in [0.2, 0.25) is 0 Å². The van der Waals surface area contributed by atoms with Crippen LogP contribution in [-0.4, -0.2) is 19.5 Å². The highest BCUT2D eigenvalue weighted by atomic mass is 32.1. The van der Waals surface area contributed by atoms with Gasteiger partial charge in [0.1, 0.15) is 0 Å². The fourth-order valence-corrected chi connectivity index (χ4v) is 8.07. The highest BCUT2D eigenvalue weighted by Gasteiger charge is 2.19. The number of hydrogen-bond donors (Lipinski definition) is 0. The smallest absolute Gasteiger partial charge is 0.166 e. The molecule has 50 heavy (non-hydrogen) atoms. The Labute approximate surface area is 299 Å². The maximum absolute atomic E-state index is 9.02. The van der Waals surface area contributed by atoms with Crippen molar-refractivity contribution in [3.63, 3.8) is 0 Å². The second-order valence-electron chi connectivity index (χ2n) is 12.0. The van der Waals surface area contributed by atoms with Crippen LogP contribution in [0.15, 0.2) is 170 Å². The number of thiophene rings is 1. The molecule has 3 aromatic heterocycles. The fourth-order valence-electron chi connectivity index (χ4n) is 6.83. The molecule has 0 aliphatic heterocycles. The van der Waals surface area contributed by atoms with Crippen molar-refractivity contribution in [2.24, 2.45) is 0 Å². The molecule has 0 aliphatic rings. The molecule has 0 bridgehead atoms. The van der Waals surface area contributed by atoms with Gasteiger partial charge in [0.05, 0.1) is 23.6 Å². The number of aromatic nitrogens is 4. The first-order valence-electron chi connectivity index (χ1n) is 18.8. The van der Waals surface area contributed by atoms with E-state index in [0.717, 1.165) is 22.3 Å². The van der Waals surface area contributed by atoms with E-state index in [-0.39, 0.29) is 30.2 Å².